The van der Waals surface area contributed by atoms with Gasteiger partial charge in [-0.15, -0.1) is 0 Å². The van der Waals surface area contributed by atoms with E-state index in [0.29, 0.717) is 17.7 Å². The predicted octanol–water partition coefficient (Wildman–Crippen LogP) is 1.95. The van der Waals surface area contributed by atoms with Gasteiger partial charge in [-0.3, -0.25) is 0 Å². The molecule has 0 radical (unpaired) electrons. The predicted molar refractivity (Wildman–Crippen MR) is 85.9 cm³/mol. The lowest BCUT2D eigenvalue weighted by Gasteiger charge is -2.21. The molecule has 3 rings (SSSR count). The van der Waals surface area contributed by atoms with Crippen LogP contribution in [0.2, 0.25) is 0 Å². The van der Waals surface area contributed by atoms with E-state index in [1.165, 1.54) is 11.3 Å². The molecule has 0 fully saturated rings. The van der Waals surface area contributed by atoms with E-state index in [1.54, 1.807) is 20.3 Å². The van der Waals surface area contributed by atoms with E-state index in [2.05, 4.69) is 51.1 Å². The summed E-state index contributed by atoms with van der Waals surface area (Å²) in [5.41, 5.74) is 2.51. The van der Waals surface area contributed by atoms with Gasteiger partial charge in [0.25, 0.3) is 0 Å². The first-order chi connectivity index (χ1) is 10.7. The van der Waals surface area contributed by atoms with Crippen LogP contribution in [-0.2, 0) is 6.54 Å². The summed E-state index contributed by atoms with van der Waals surface area (Å²) in [4.78, 5) is 13.3. The number of aromatic nitrogens is 2. The molecule has 0 spiro atoms. The van der Waals surface area contributed by atoms with Crippen molar-refractivity contribution in [2.24, 2.45) is 0 Å². The van der Waals surface area contributed by atoms with Crippen LogP contribution in [0, 0.1) is 0 Å². The van der Waals surface area contributed by atoms with Crippen molar-refractivity contribution in [1.82, 2.24) is 9.97 Å². The summed E-state index contributed by atoms with van der Waals surface area (Å²) in [7, 11) is 5.30. The molecule has 0 saturated heterocycles. The Morgan fingerprint density at radius 3 is 2.36 bits per heavy atom. The monoisotopic (exact) mass is 300 g/mol. The van der Waals surface area contributed by atoms with Crippen LogP contribution in [0.25, 0.3) is 0 Å². The van der Waals surface area contributed by atoms with E-state index in [-0.39, 0.29) is 0 Å². The molecule has 0 atom stereocenters. The average molecular weight is 300 g/mol. The van der Waals surface area contributed by atoms with Crippen molar-refractivity contribution in [3.8, 4) is 11.8 Å². The number of hydrogen-bond acceptors (Lipinski definition) is 6. The summed E-state index contributed by atoms with van der Waals surface area (Å²) >= 11 is 0. The molecule has 0 saturated carbocycles. The molecule has 2 aromatic rings. The molecule has 0 N–H and O–H groups in total. The highest BCUT2D eigenvalue weighted by Crippen LogP contribution is 2.27. The van der Waals surface area contributed by atoms with Crippen LogP contribution in [0.3, 0.4) is 0 Å². The first-order valence-corrected chi connectivity index (χ1v) is 7.22. The zero-order valence-corrected chi connectivity index (χ0v) is 13.1. The fourth-order valence-corrected chi connectivity index (χ4v) is 2.61. The van der Waals surface area contributed by atoms with Gasteiger partial charge < -0.3 is 19.3 Å². The Kier molecular flexibility index (Phi) is 4.00. The molecule has 1 aliphatic rings. The second kappa shape index (κ2) is 6.09. The third kappa shape index (κ3) is 2.77. The second-order valence-corrected chi connectivity index (χ2v) is 5.22. The Labute approximate surface area is 130 Å². The number of ether oxygens (including phenoxy) is 2. The highest BCUT2D eigenvalue weighted by Gasteiger charge is 2.20. The van der Waals surface area contributed by atoms with Crippen LogP contribution in [-0.4, -0.2) is 44.3 Å². The summed E-state index contributed by atoms with van der Waals surface area (Å²) in [5.74, 6) is 1.64. The molecule has 0 aliphatic carbocycles. The number of likely N-dealkylation sites (N-methyl/N-ethyl adjacent to an activating group) is 1. The van der Waals surface area contributed by atoms with E-state index >= 15 is 0 Å². The summed E-state index contributed by atoms with van der Waals surface area (Å²) in [5, 5.41) is 0. The van der Waals surface area contributed by atoms with Gasteiger partial charge >= 0.3 is 0 Å². The molecule has 22 heavy (non-hydrogen) atoms. The van der Waals surface area contributed by atoms with Gasteiger partial charge in [0, 0.05) is 32.4 Å². The van der Waals surface area contributed by atoms with Gasteiger partial charge in [-0.25, -0.2) is 0 Å². The lowest BCUT2D eigenvalue weighted by Crippen LogP contribution is -2.30. The van der Waals surface area contributed by atoms with Crippen LogP contribution < -0.4 is 19.3 Å². The molecular weight excluding hydrogens is 280 g/mol. The Morgan fingerprint density at radius 2 is 1.68 bits per heavy atom. The van der Waals surface area contributed by atoms with E-state index in [1.807, 2.05) is 0 Å². The summed E-state index contributed by atoms with van der Waals surface area (Å²) in [6.45, 7) is 2.50. The van der Waals surface area contributed by atoms with Crippen molar-refractivity contribution in [2.45, 2.75) is 6.54 Å². The molecule has 6 heteroatoms. The third-order valence-corrected chi connectivity index (χ3v) is 3.84. The lowest BCUT2D eigenvalue weighted by molar-refractivity contribution is 0.371. The molecule has 1 aliphatic heterocycles. The van der Waals surface area contributed by atoms with Gasteiger partial charge in [-0.1, -0.05) is 18.2 Å². The number of fused-ring (bicyclic) bond motifs is 1. The fourth-order valence-electron chi connectivity index (χ4n) is 2.61. The first-order valence-electron chi connectivity index (χ1n) is 7.22. The minimum atomic E-state index is 0.507. The maximum atomic E-state index is 5.24. The second-order valence-electron chi connectivity index (χ2n) is 5.22. The van der Waals surface area contributed by atoms with Crippen molar-refractivity contribution in [2.75, 3.05) is 44.2 Å². The number of anilines is 2. The summed E-state index contributed by atoms with van der Waals surface area (Å²) in [6.07, 6.45) is 0. The third-order valence-electron chi connectivity index (χ3n) is 3.84. The largest absolute Gasteiger partial charge is 0.481 e. The lowest BCUT2D eigenvalue weighted by atomic mass is 10.1. The zero-order chi connectivity index (χ0) is 15.5. The Bertz CT molecular complexity index is 640. The van der Waals surface area contributed by atoms with Crippen LogP contribution in [0.4, 0.5) is 11.6 Å². The maximum Gasteiger partial charge on any atom is 0.232 e. The van der Waals surface area contributed by atoms with Gasteiger partial charge in [0.15, 0.2) is 0 Å². The Hall–Kier alpha value is -2.50. The molecular formula is C16H20N4O2. The van der Waals surface area contributed by atoms with Crippen molar-refractivity contribution in [3.63, 3.8) is 0 Å². The number of rotatable bonds is 3. The SMILES string of the molecule is COc1cc(OC)nc(N2CCN(C)c3ccccc3C2)n1. The number of para-hydroxylation sites is 1. The molecule has 2 heterocycles. The van der Waals surface area contributed by atoms with Crippen LogP contribution in [0.1, 0.15) is 5.56 Å². The summed E-state index contributed by atoms with van der Waals surface area (Å²) < 4.78 is 10.5. The number of methoxy groups -OCH3 is 2. The molecule has 1 aromatic carbocycles. The van der Waals surface area contributed by atoms with Gasteiger partial charge in [0.2, 0.25) is 17.7 Å². The van der Waals surface area contributed by atoms with Crippen LogP contribution in [0.15, 0.2) is 30.3 Å². The first kappa shape index (κ1) is 14.4. The number of benzene rings is 1. The molecule has 0 unspecified atom stereocenters. The van der Waals surface area contributed by atoms with Gasteiger partial charge in [-0.05, 0) is 11.6 Å². The molecule has 6 nitrogen and oxygen atoms in total. The van der Waals surface area contributed by atoms with Gasteiger partial charge in [0.05, 0.1) is 20.3 Å². The van der Waals surface area contributed by atoms with Gasteiger partial charge in [0.1, 0.15) is 0 Å². The van der Waals surface area contributed by atoms with E-state index < -0.39 is 0 Å². The van der Waals surface area contributed by atoms with Gasteiger partial charge in [-0.2, -0.15) is 9.97 Å². The smallest absolute Gasteiger partial charge is 0.232 e. The van der Waals surface area contributed by atoms with Crippen molar-refractivity contribution in [1.29, 1.82) is 0 Å². The molecule has 0 bridgehead atoms. The quantitative estimate of drug-likeness (QED) is 0.863. The van der Waals surface area contributed by atoms with E-state index in [4.69, 9.17) is 9.47 Å². The molecule has 116 valence electrons. The van der Waals surface area contributed by atoms with E-state index in [0.717, 1.165) is 19.6 Å². The number of nitrogens with zero attached hydrogens (tertiary/aromatic N) is 4. The van der Waals surface area contributed by atoms with Crippen molar-refractivity contribution in [3.05, 3.63) is 35.9 Å². The Morgan fingerprint density at radius 1 is 1.00 bits per heavy atom. The minimum Gasteiger partial charge on any atom is -0.481 e. The van der Waals surface area contributed by atoms with Crippen LogP contribution in [0.5, 0.6) is 11.8 Å². The molecule has 0 amide bonds. The zero-order valence-electron chi connectivity index (χ0n) is 13.1. The minimum absolute atomic E-state index is 0.507. The molecule has 1 aromatic heterocycles. The fraction of sp³-hybridized carbons (Fsp3) is 0.375. The highest BCUT2D eigenvalue weighted by atomic mass is 16.5. The van der Waals surface area contributed by atoms with E-state index in [9.17, 15) is 0 Å². The van der Waals surface area contributed by atoms with Crippen LogP contribution >= 0.6 is 0 Å². The highest BCUT2D eigenvalue weighted by molar-refractivity contribution is 5.56. The number of hydrogen-bond donors (Lipinski definition) is 0. The average Bonchev–Trinajstić information content (AvgIpc) is 2.74. The topological polar surface area (TPSA) is 50.7 Å². The summed E-state index contributed by atoms with van der Waals surface area (Å²) in [6, 6.07) is 10.1. The normalized spacial score (nSPS) is 14.3. The maximum absolute atomic E-state index is 5.24. The van der Waals surface area contributed by atoms with Crippen molar-refractivity contribution >= 4 is 11.6 Å². The van der Waals surface area contributed by atoms with Crippen molar-refractivity contribution < 1.29 is 9.47 Å². The standard InChI is InChI=1S/C16H20N4O2/c1-19-8-9-20(11-12-6-4-5-7-13(12)19)16-17-14(21-2)10-15(18-16)22-3/h4-7,10H,8-9,11H2,1-3H3. The Balaban J connectivity index is 1.96.